The lowest BCUT2D eigenvalue weighted by atomic mass is 10.2. The quantitative estimate of drug-likeness (QED) is 0.750. The predicted octanol–water partition coefficient (Wildman–Crippen LogP) is 3.34. The minimum absolute atomic E-state index is 0.137. The summed E-state index contributed by atoms with van der Waals surface area (Å²) < 4.78 is 0. The third kappa shape index (κ3) is 3.78. The van der Waals surface area contributed by atoms with E-state index in [0.29, 0.717) is 10.6 Å². The van der Waals surface area contributed by atoms with Crippen molar-refractivity contribution in [3.8, 4) is 11.8 Å². The summed E-state index contributed by atoms with van der Waals surface area (Å²) in [6.07, 6.45) is 0. The summed E-state index contributed by atoms with van der Waals surface area (Å²) in [5.41, 5.74) is 0.681. The molecule has 1 rings (SSSR count). The van der Waals surface area contributed by atoms with Crippen molar-refractivity contribution < 1.29 is 4.79 Å². The molecule has 0 radical (unpaired) electrons. The first-order valence-electron chi connectivity index (χ1n) is 6.02. The van der Waals surface area contributed by atoms with Crippen molar-refractivity contribution in [2.45, 2.75) is 39.8 Å². The second-order valence-corrected chi connectivity index (χ2v) is 5.04. The molecule has 96 valence electrons. The minimum Gasteiger partial charge on any atom is -0.327 e. The number of carbonyl (C=O) groups excluding carboxylic acids is 1. The number of amides is 1. The molecule has 1 amide bonds. The summed E-state index contributed by atoms with van der Waals surface area (Å²) in [5, 5.41) is 0.568. The molecule has 0 aliphatic heterocycles. The Bertz CT molecular complexity index is 475. The van der Waals surface area contributed by atoms with E-state index in [9.17, 15) is 4.79 Å². The third-order valence-corrected chi connectivity index (χ3v) is 2.85. The van der Waals surface area contributed by atoms with Crippen LogP contribution >= 0.6 is 11.6 Å². The van der Waals surface area contributed by atoms with Gasteiger partial charge in [0.25, 0.3) is 5.91 Å². The molecule has 0 saturated heterocycles. The average Bonchev–Trinajstić information content (AvgIpc) is 2.27. The first kappa shape index (κ1) is 14.6. The van der Waals surface area contributed by atoms with Crippen molar-refractivity contribution >= 4 is 17.5 Å². The fourth-order valence-electron chi connectivity index (χ4n) is 1.81. The Hall–Kier alpha value is -1.46. The highest BCUT2D eigenvalue weighted by atomic mass is 35.5. The summed E-state index contributed by atoms with van der Waals surface area (Å²) >= 11 is 5.98. The first-order valence-corrected chi connectivity index (χ1v) is 6.40. The van der Waals surface area contributed by atoms with Gasteiger partial charge >= 0.3 is 0 Å². The second kappa shape index (κ2) is 6.47. The van der Waals surface area contributed by atoms with Gasteiger partial charge in [-0.1, -0.05) is 29.7 Å². The Morgan fingerprint density at radius 1 is 1.17 bits per heavy atom. The van der Waals surface area contributed by atoms with Crippen LogP contribution in [0.4, 0.5) is 0 Å². The number of rotatable bonds is 2. The highest BCUT2D eigenvalue weighted by molar-refractivity contribution is 6.31. The van der Waals surface area contributed by atoms with Gasteiger partial charge in [0.15, 0.2) is 0 Å². The molecule has 0 aromatic heterocycles. The standard InChI is InChI=1S/C15H18ClNO/c1-11(2)17(12(3)4)15(18)10-9-13-7-5-6-8-14(13)16/h5-8,11-12H,1-4H3. The molecule has 3 heteroatoms. The van der Waals surface area contributed by atoms with Gasteiger partial charge in [0, 0.05) is 23.6 Å². The third-order valence-electron chi connectivity index (χ3n) is 2.53. The molecule has 0 aliphatic rings. The van der Waals surface area contributed by atoms with E-state index in [0.717, 1.165) is 0 Å². The number of halogens is 1. The van der Waals surface area contributed by atoms with Gasteiger partial charge in [0.1, 0.15) is 0 Å². The number of hydrogen-bond donors (Lipinski definition) is 0. The minimum atomic E-state index is -0.167. The molecular formula is C15H18ClNO. The highest BCUT2D eigenvalue weighted by Crippen LogP contribution is 2.13. The van der Waals surface area contributed by atoms with Crippen LogP contribution in [-0.2, 0) is 4.79 Å². The van der Waals surface area contributed by atoms with Gasteiger partial charge in [-0.05, 0) is 39.8 Å². The van der Waals surface area contributed by atoms with E-state index in [1.54, 1.807) is 17.0 Å². The summed E-state index contributed by atoms with van der Waals surface area (Å²) in [4.78, 5) is 13.8. The summed E-state index contributed by atoms with van der Waals surface area (Å²) in [6.45, 7) is 7.92. The van der Waals surface area contributed by atoms with Crippen molar-refractivity contribution in [2.75, 3.05) is 0 Å². The van der Waals surface area contributed by atoms with Gasteiger partial charge in [0.05, 0.1) is 5.02 Å². The van der Waals surface area contributed by atoms with E-state index in [1.165, 1.54) is 0 Å². The van der Waals surface area contributed by atoms with Crippen LogP contribution in [0.2, 0.25) is 5.02 Å². The van der Waals surface area contributed by atoms with Gasteiger partial charge < -0.3 is 4.90 Å². The molecule has 2 nitrogen and oxygen atoms in total. The van der Waals surface area contributed by atoms with Crippen LogP contribution in [0.3, 0.4) is 0 Å². The van der Waals surface area contributed by atoms with E-state index in [2.05, 4.69) is 11.8 Å². The number of nitrogens with zero attached hydrogens (tertiary/aromatic N) is 1. The van der Waals surface area contributed by atoms with Crippen LogP contribution in [-0.4, -0.2) is 22.9 Å². The summed E-state index contributed by atoms with van der Waals surface area (Å²) in [5.74, 6) is 5.32. The Kier molecular flexibility index (Phi) is 5.25. The molecule has 0 N–H and O–H groups in total. The van der Waals surface area contributed by atoms with Gasteiger partial charge in [-0.25, -0.2) is 0 Å². The van der Waals surface area contributed by atoms with E-state index >= 15 is 0 Å². The van der Waals surface area contributed by atoms with Crippen LogP contribution < -0.4 is 0 Å². The van der Waals surface area contributed by atoms with Gasteiger partial charge in [0.2, 0.25) is 0 Å². The molecule has 0 fully saturated rings. The molecule has 0 unspecified atom stereocenters. The average molecular weight is 264 g/mol. The van der Waals surface area contributed by atoms with Crippen LogP contribution in [0.25, 0.3) is 0 Å². The smallest absolute Gasteiger partial charge is 0.299 e. The lowest BCUT2D eigenvalue weighted by Gasteiger charge is -2.28. The summed E-state index contributed by atoms with van der Waals surface area (Å²) in [6, 6.07) is 7.53. The van der Waals surface area contributed by atoms with Crippen LogP contribution in [0.5, 0.6) is 0 Å². The van der Waals surface area contributed by atoms with E-state index in [1.807, 2.05) is 39.8 Å². The van der Waals surface area contributed by atoms with Crippen molar-refractivity contribution in [2.24, 2.45) is 0 Å². The zero-order valence-corrected chi connectivity index (χ0v) is 12.0. The van der Waals surface area contributed by atoms with Crippen molar-refractivity contribution in [1.29, 1.82) is 0 Å². The van der Waals surface area contributed by atoms with Crippen molar-refractivity contribution in [1.82, 2.24) is 4.90 Å². The number of carbonyl (C=O) groups is 1. The fourth-order valence-corrected chi connectivity index (χ4v) is 2.00. The van der Waals surface area contributed by atoms with Crippen LogP contribution in [0.1, 0.15) is 33.3 Å². The Morgan fingerprint density at radius 3 is 2.22 bits per heavy atom. The Morgan fingerprint density at radius 2 is 1.72 bits per heavy atom. The van der Waals surface area contributed by atoms with Gasteiger partial charge in [-0.2, -0.15) is 0 Å². The highest BCUT2D eigenvalue weighted by Gasteiger charge is 2.17. The number of hydrogen-bond acceptors (Lipinski definition) is 1. The van der Waals surface area contributed by atoms with Gasteiger partial charge in [-0.15, -0.1) is 0 Å². The molecule has 18 heavy (non-hydrogen) atoms. The molecule has 0 heterocycles. The Labute approximate surface area is 114 Å². The molecule has 0 saturated carbocycles. The maximum absolute atomic E-state index is 12.0. The van der Waals surface area contributed by atoms with E-state index < -0.39 is 0 Å². The van der Waals surface area contributed by atoms with E-state index in [-0.39, 0.29) is 18.0 Å². The maximum atomic E-state index is 12.0. The lowest BCUT2D eigenvalue weighted by Crippen LogP contribution is -2.41. The largest absolute Gasteiger partial charge is 0.327 e. The van der Waals surface area contributed by atoms with E-state index in [4.69, 9.17) is 11.6 Å². The molecule has 1 aromatic rings. The van der Waals surface area contributed by atoms with Gasteiger partial charge in [-0.3, -0.25) is 4.79 Å². The van der Waals surface area contributed by atoms with Crippen LogP contribution in [0.15, 0.2) is 24.3 Å². The zero-order valence-electron chi connectivity index (χ0n) is 11.2. The second-order valence-electron chi connectivity index (χ2n) is 4.63. The normalized spacial score (nSPS) is 10.2. The molecule has 0 spiro atoms. The number of benzene rings is 1. The zero-order chi connectivity index (χ0) is 13.7. The van der Waals surface area contributed by atoms with Crippen molar-refractivity contribution in [3.05, 3.63) is 34.9 Å². The molecule has 0 aliphatic carbocycles. The fraction of sp³-hybridized carbons (Fsp3) is 0.400. The molecule has 1 aromatic carbocycles. The lowest BCUT2D eigenvalue weighted by molar-refractivity contribution is -0.128. The maximum Gasteiger partial charge on any atom is 0.299 e. The molecule has 0 bridgehead atoms. The Balaban J connectivity index is 2.92. The SMILES string of the molecule is CC(C)N(C(=O)C#Cc1ccccc1Cl)C(C)C. The molecular weight excluding hydrogens is 246 g/mol. The summed E-state index contributed by atoms with van der Waals surface area (Å²) in [7, 11) is 0. The monoisotopic (exact) mass is 263 g/mol. The molecule has 0 atom stereocenters. The predicted molar refractivity (Wildman–Crippen MR) is 75.4 cm³/mol. The van der Waals surface area contributed by atoms with Crippen molar-refractivity contribution in [3.63, 3.8) is 0 Å². The van der Waals surface area contributed by atoms with Crippen LogP contribution in [0, 0.1) is 11.8 Å². The topological polar surface area (TPSA) is 20.3 Å². The first-order chi connectivity index (χ1) is 8.43.